The van der Waals surface area contributed by atoms with Gasteiger partial charge in [-0.25, -0.2) is 4.79 Å². The number of phenols is 1. The van der Waals surface area contributed by atoms with Gasteiger partial charge in [-0.2, -0.15) is 0 Å². The van der Waals surface area contributed by atoms with Crippen LogP contribution in [0.5, 0.6) is 11.5 Å². The van der Waals surface area contributed by atoms with E-state index < -0.39 is 5.97 Å². The van der Waals surface area contributed by atoms with Gasteiger partial charge in [-0.1, -0.05) is 30.3 Å². The van der Waals surface area contributed by atoms with Gasteiger partial charge in [0.05, 0.1) is 7.11 Å². The van der Waals surface area contributed by atoms with Crippen molar-refractivity contribution in [2.45, 2.75) is 6.61 Å². The van der Waals surface area contributed by atoms with Gasteiger partial charge in [0.25, 0.3) is 0 Å². The van der Waals surface area contributed by atoms with Crippen LogP contribution < -0.4 is 4.74 Å². The SMILES string of the molecule is COC(=O)/C=C/c1cc(O)cc(OCc2ccccc2)c1. The average Bonchev–Trinajstić information content (AvgIpc) is 2.51. The van der Waals surface area contributed by atoms with Crippen LogP contribution in [0.25, 0.3) is 6.08 Å². The van der Waals surface area contributed by atoms with E-state index in [-0.39, 0.29) is 5.75 Å². The Hall–Kier alpha value is -2.75. The van der Waals surface area contributed by atoms with Crippen LogP contribution in [0, 0.1) is 0 Å². The Balaban J connectivity index is 2.08. The Morgan fingerprint density at radius 1 is 1.19 bits per heavy atom. The Bertz CT molecular complexity index is 632. The number of hydrogen-bond donors (Lipinski definition) is 1. The molecule has 0 fully saturated rings. The van der Waals surface area contributed by atoms with Crippen LogP contribution in [0.4, 0.5) is 0 Å². The first-order valence-corrected chi connectivity index (χ1v) is 6.44. The van der Waals surface area contributed by atoms with E-state index >= 15 is 0 Å². The van der Waals surface area contributed by atoms with Crippen LogP contribution in [0.1, 0.15) is 11.1 Å². The third-order valence-corrected chi connectivity index (χ3v) is 2.77. The van der Waals surface area contributed by atoms with Crippen molar-refractivity contribution in [3.8, 4) is 11.5 Å². The first-order chi connectivity index (χ1) is 10.2. The van der Waals surface area contributed by atoms with E-state index in [4.69, 9.17) is 4.74 Å². The molecule has 4 nitrogen and oxygen atoms in total. The topological polar surface area (TPSA) is 55.8 Å². The molecule has 0 amide bonds. The van der Waals surface area contributed by atoms with Gasteiger partial charge in [0.1, 0.15) is 18.1 Å². The van der Waals surface area contributed by atoms with Gasteiger partial charge in [0, 0.05) is 12.1 Å². The monoisotopic (exact) mass is 284 g/mol. The predicted molar refractivity (Wildman–Crippen MR) is 79.9 cm³/mol. The standard InChI is InChI=1S/C17H16O4/c1-20-17(19)8-7-14-9-15(18)11-16(10-14)21-12-13-5-3-2-4-6-13/h2-11,18H,12H2,1H3/b8-7+. The van der Waals surface area contributed by atoms with Crippen LogP contribution in [-0.4, -0.2) is 18.2 Å². The average molecular weight is 284 g/mol. The molecule has 2 rings (SSSR count). The van der Waals surface area contributed by atoms with Gasteiger partial charge in [-0.15, -0.1) is 0 Å². The number of phenolic OH excluding ortho intramolecular Hbond substituents is 1. The summed E-state index contributed by atoms with van der Waals surface area (Å²) in [6, 6.07) is 14.5. The zero-order valence-electron chi connectivity index (χ0n) is 11.7. The molecule has 0 saturated heterocycles. The van der Waals surface area contributed by atoms with E-state index in [0.29, 0.717) is 17.9 Å². The molecule has 0 aromatic heterocycles. The van der Waals surface area contributed by atoms with E-state index in [1.807, 2.05) is 30.3 Å². The summed E-state index contributed by atoms with van der Waals surface area (Å²) in [5.74, 6) is 0.151. The molecule has 0 atom stereocenters. The summed E-state index contributed by atoms with van der Waals surface area (Å²) in [4.78, 5) is 11.1. The molecule has 0 saturated carbocycles. The maximum Gasteiger partial charge on any atom is 0.330 e. The third-order valence-electron chi connectivity index (χ3n) is 2.77. The molecule has 0 heterocycles. The molecule has 108 valence electrons. The lowest BCUT2D eigenvalue weighted by atomic mass is 10.2. The summed E-state index contributed by atoms with van der Waals surface area (Å²) in [6.07, 6.45) is 2.84. The molecule has 2 aromatic carbocycles. The number of carbonyl (C=O) groups is 1. The minimum absolute atomic E-state index is 0.0741. The number of rotatable bonds is 5. The number of esters is 1. The van der Waals surface area contributed by atoms with Crippen LogP contribution in [0.3, 0.4) is 0 Å². The molecule has 4 heteroatoms. The van der Waals surface area contributed by atoms with Crippen molar-refractivity contribution >= 4 is 12.0 Å². The van der Waals surface area contributed by atoms with Crippen molar-refractivity contribution in [2.75, 3.05) is 7.11 Å². The highest BCUT2D eigenvalue weighted by atomic mass is 16.5. The molecule has 21 heavy (non-hydrogen) atoms. The van der Waals surface area contributed by atoms with Crippen LogP contribution >= 0.6 is 0 Å². The van der Waals surface area contributed by atoms with Crippen molar-refractivity contribution in [2.24, 2.45) is 0 Å². The largest absolute Gasteiger partial charge is 0.508 e. The fraction of sp³-hybridized carbons (Fsp3) is 0.118. The molecule has 0 bridgehead atoms. The summed E-state index contributed by atoms with van der Waals surface area (Å²) in [7, 11) is 1.31. The number of aromatic hydroxyl groups is 1. The van der Waals surface area contributed by atoms with E-state index in [2.05, 4.69) is 4.74 Å². The highest BCUT2D eigenvalue weighted by Gasteiger charge is 2.01. The van der Waals surface area contributed by atoms with E-state index in [1.54, 1.807) is 12.1 Å². The highest BCUT2D eigenvalue weighted by Crippen LogP contribution is 2.23. The molecule has 0 aliphatic heterocycles. The minimum Gasteiger partial charge on any atom is -0.508 e. The fourth-order valence-electron chi connectivity index (χ4n) is 1.76. The minimum atomic E-state index is -0.454. The zero-order valence-corrected chi connectivity index (χ0v) is 11.7. The quantitative estimate of drug-likeness (QED) is 0.677. The lowest BCUT2D eigenvalue weighted by Crippen LogP contribution is -1.95. The van der Waals surface area contributed by atoms with Crippen molar-refractivity contribution in [3.05, 3.63) is 65.7 Å². The molecule has 0 aliphatic carbocycles. The van der Waals surface area contributed by atoms with Crippen molar-refractivity contribution < 1.29 is 19.4 Å². The second-order valence-electron chi connectivity index (χ2n) is 4.39. The summed E-state index contributed by atoms with van der Waals surface area (Å²) in [5.41, 5.74) is 1.69. The Labute approximate surface area is 123 Å². The van der Waals surface area contributed by atoms with E-state index in [9.17, 15) is 9.90 Å². The third kappa shape index (κ3) is 4.69. The number of methoxy groups -OCH3 is 1. The zero-order chi connectivity index (χ0) is 15.1. The smallest absolute Gasteiger partial charge is 0.330 e. The Morgan fingerprint density at radius 3 is 2.67 bits per heavy atom. The van der Waals surface area contributed by atoms with Gasteiger partial charge in [0.15, 0.2) is 0 Å². The van der Waals surface area contributed by atoms with Crippen molar-refractivity contribution in [1.29, 1.82) is 0 Å². The Morgan fingerprint density at radius 2 is 1.95 bits per heavy atom. The number of ether oxygens (including phenoxy) is 2. The molecular formula is C17H16O4. The summed E-state index contributed by atoms with van der Waals surface area (Å²) < 4.78 is 10.2. The first kappa shape index (κ1) is 14.7. The van der Waals surface area contributed by atoms with E-state index in [0.717, 1.165) is 5.56 Å². The highest BCUT2D eigenvalue weighted by molar-refractivity contribution is 5.87. The normalized spacial score (nSPS) is 10.5. The van der Waals surface area contributed by atoms with Crippen LogP contribution in [-0.2, 0) is 16.1 Å². The van der Waals surface area contributed by atoms with E-state index in [1.165, 1.54) is 25.3 Å². The molecule has 1 N–H and O–H groups in total. The number of carbonyl (C=O) groups excluding carboxylic acids is 1. The maximum atomic E-state index is 11.1. The molecule has 0 unspecified atom stereocenters. The second kappa shape index (κ2) is 7.14. The van der Waals surface area contributed by atoms with Gasteiger partial charge >= 0.3 is 5.97 Å². The summed E-state index contributed by atoms with van der Waals surface area (Å²) in [6.45, 7) is 0.407. The summed E-state index contributed by atoms with van der Waals surface area (Å²) >= 11 is 0. The molecule has 0 aliphatic rings. The number of benzene rings is 2. The van der Waals surface area contributed by atoms with Crippen LogP contribution in [0.2, 0.25) is 0 Å². The predicted octanol–water partition coefficient (Wildman–Crippen LogP) is 3.16. The van der Waals surface area contributed by atoms with Gasteiger partial charge in [0.2, 0.25) is 0 Å². The fourth-order valence-corrected chi connectivity index (χ4v) is 1.76. The lowest BCUT2D eigenvalue weighted by molar-refractivity contribution is -0.134. The molecule has 2 aromatic rings. The number of hydrogen-bond acceptors (Lipinski definition) is 4. The molecule has 0 spiro atoms. The van der Waals surface area contributed by atoms with Crippen molar-refractivity contribution in [3.63, 3.8) is 0 Å². The van der Waals surface area contributed by atoms with Gasteiger partial charge in [-0.3, -0.25) is 0 Å². The first-order valence-electron chi connectivity index (χ1n) is 6.44. The van der Waals surface area contributed by atoms with Gasteiger partial charge in [-0.05, 0) is 29.3 Å². The van der Waals surface area contributed by atoms with Gasteiger partial charge < -0.3 is 14.6 Å². The molecule has 0 radical (unpaired) electrons. The Kier molecular flexibility index (Phi) is 4.99. The second-order valence-corrected chi connectivity index (χ2v) is 4.39. The maximum absolute atomic E-state index is 11.1. The molecular weight excluding hydrogens is 268 g/mol. The lowest BCUT2D eigenvalue weighted by Gasteiger charge is -2.08. The summed E-state index contributed by atoms with van der Waals surface area (Å²) in [5, 5.41) is 9.68. The van der Waals surface area contributed by atoms with Crippen LogP contribution in [0.15, 0.2) is 54.6 Å². The van der Waals surface area contributed by atoms with Crippen molar-refractivity contribution in [1.82, 2.24) is 0 Å².